The van der Waals surface area contributed by atoms with Gasteiger partial charge in [-0.15, -0.1) is 0 Å². The minimum Gasteiger partial charge on any atom is -0.493 e. The quantitative estimate of drug-likeness (QED) is 0.258. The van der Waals surface area contributed by atoms with E-state index in [1.807, 2.05) is 66.3 Å². The Hall–Kier alpha value is -3.48. The number of rotatable bonds is 9. The molecule has 0 saturated carbocycles. The van der Waals surface area contributed by atoms with E-state index in [0.717, 1.165) is 16.9 Å². The Morgan fingerprint density at radius 1 is 1.00 bits per heavy atom. The maximum atomic E-state index is 12.0. The zero-order valence-electron chi connectivity index (χ0n) is 19.4. The Morgan fingerprint density at radius 3 is 2.46 bits per heavy atom. The summed E-state index contributed by atoms with van der Waals surface area (Å²) >= 11 is 12.6. The summed E-state index contributed by atoms with van der Waals surface area (Å²) in [6.45, 7) is 2.45. The fourth-order valence-electron chi connectivity index (χ4n) is 3.64. The minimum atomic E-state index is -0.362. The van der Waals surface area contributed by atoms with Gasteiger partial charge in [-0.25, -0.2) is 4.68 Å². The van der Waals surface area contributed by atoms with Crippen LogP contribution in [-0.4, -0.2) is 29.5 Å². The Labute approximate surface area is 214 Å². The molecule has 1 aromatic heterocycles. The second-order valence-corrected chi connectivity index (χ2v) is 8.73. The Balaban J connectivity index is 1.48. The molecule has 1 heterocycles. The highest BCUT2D eigenvalue weighted by molar-refractivity contribution is 6.39. The molecule has 0 radical (unpaired) electrons. The van der Waals surface area contributed by atoms with Crippen molar-refractivity contribution >= 4 is 40.5 Å². The lowest BCUT2D eigenvalue weighted by Gasteiger charge is -2.16. The molecule has 4 aromatic rings. The van der Waals surface area contributed by atoms with Crippen molar-refractivity contribution in [2.75, 3.05) is 19.0 Å². The van der Waals surface area contributed by atoms with Crippen LogP contribution in [0.25, 0.3) is 5.69 Å². The van der Waals surface area contributed by atoms with Crippen molar-refractivity contribution in [1.82, 2.24) is 9.78 Å². The van der Waals surface area contributed by atoms with E-state index in [2.05, 4.69) is 10.4 Å². The molecule has 3 aromatic carbocycles. The van der Waals surface area contributed by atoms with Gasteiger partial charge in [-0.05, 0) is 60.5 Å². The van der Waals surface area contributed by atoms with E-state index in [4.69, 9.17) is 32.7 Å². The molecule has 0 amide bonds. The first-order chi connectivity index (χ1) is 16.9. The van der Waals surface area contributed by atoms with Crippen molar-refractivity contribution in [3.63, 3.8) is 0 Å². The molecule has 0 unspecified atom stereocenters. The number of ether oxygens (including phenoxy) is 2. The molecule has 0 aliphatic carbocycles. The lowest BCUT2D eigenvalue weighted by Crippen LogP contribution is -2.08. The molecular weight excluding hydrogens is 485 g/mol. The summed E-state index contributed by atoms with van der Waals surface area (Å²) < 4.78 is 12.8. The number of esters is 1. The van der Waals surface area contributed by atoms with Gasteiger partial charge < -0.3 is 14.8 Å². The molecule has 0 fully saturated rings. The van der Waals surface area contributed by atoms with Gasteiger partial charge in [-0.1, -0.05) is 47.5 Å². The summed E-state index contributed by atoms with van der Waals surface area (Å²) in [7, 11) is 1.36. The number of halogens is 2. The lowest BCUT2D eigenvalue weighted by molar-refractivity contribution is -0.139. The zero-order chi connectivity index (χ0) is 24.8. The van der Waals surface area contributed by atoms with Crippen LogP contribution in [-0.2, 0) is 22.4 Å². The Kier molecular flexibility index (Phi) is 7.95. The number of aryl methyl sites for hydroxylation is 1. The van der Waals surface area contributed by atoms with Crippen LogP contribution in [0.15, 0.2) is 72.9 Å². The van der Waals surface area contributed by atoms with Crippen LogP contribution in [0.3, 0.4) is 0 Å². The Morgan fingerprint density at radius 2 is 1.74 bits per heavy atom. The third kappa shape index (κ3) is 6.15. The molecule has 8 heteroatoms. The van der Waals surface area contributed by atoms with Crippen LogP contribution in [0.4, 0.5) is 11.4 Å². The average molecular weight is 510 g/mol. The second kappa shape index (κ2) is 11.3. The van der Waals surface area contributed by atoms with E-state index >= 15 is 0 Å². The first-order valence-corrected chi connectivity index (χ1v) is 11.8. The van der Waals surface area contributed by atoms with Crippen molar-refractivity contribution in [2.45, 2.75) is 19.8 Å². The van der Waals surface area contributed by atoms with Crippen molar-refractivity contribution in [2.24, 2.45) is 0 Å². The third-order valence-electron chi connectivity index (χ3n) is 5.52. The van der Waals surface area contributed by atoms with Crippen molar-refractivity contribution in [1.29, 1.82) is 0 Å². The van der Waals surface area contributed by atoms with Crippen LogP contribution < -0.4 is 10.1 Å². The molecule has 1 N–H and O–H groups in total. The van der Waals surface area contributed by atoms with Crippen LogP contribution in [0, 0.1) is 6.92 Å². The van der Waals surface area contributed by atoms with Gasteiger partial charge in [0, 0.05) is 18.3 Å². The summed E-state index contributed by atoms with van der Waals surface area (Å²) in [4.78, 5) is 12.0. The van der Waals surface area contributed by atoms with Gasteiger partial charge in [0.25, 0.3) is 0 Å². The molecule has 0 aliphatic rings. The number of para-hydroxylation sites is 2. The fraction of sp³-hybridized carbons (Fsp3) is 0.185. The molecule has 0 atom stereocenters. The molecular formula is C27H25Cl2N3O3. The first kappa shape index (κ1) is 24.6. The van der Waals surface area contributed by atoms with Gasteiger partial charge in [-0.2, -0.15) is 5.10 Å². The normalized spacial score (nSPS) is 10.7. The monoisotopic (exact) mass is 509 g/mol. The van der Waals surface area contributed by atoms with Crippen LogP contribution in [0.5, 0.6) is 5.75 Å². The SMILES string of the molecule is COC(=O)Cc1cc(OCCc2cn(-c3ccccc3)nc2C)ccc1Nc1c(Cl)cccc1Cl. The molecule has 35 heavy (non-hydrogen) atoms. The highest BCUT2D eigenvalue weighted by Gasteiger charge is 2.14. The van der Waals surface area contributed by atoms with E-state index in [1.165, 1.54) is 7.11 Å². The van der Waals surface area contributed by atoms with Gasteiger partial charge in [0.05, 0.1) is 47.3 Å². The predicted octanol–water partition coefficient (Wildman–Crippen LogP) is 6.57. The van der Waals surface area contributed by atoms with E-state index in [0.29, 0.717) is 45.8 Å². The van der Waals surface area contributed by atoms with Crippen molar-refractivity contribution in [3.05, 3.63) is 99.8 Å². The van der Waals surface area contributed by atoms with Gasteiger partial charge in [0.2, 0.25) is 0 Å². The number of nitrogens with zero attached hydrogens (tertiary/aromatic N) is 2. The topological polar surface area (TPSA) is 65.4 Å². The van der Waals surface area contributed by atoms with Crippen LogP contribution >= 0.6 is 23.2 Å². The number of benzene rings is 3. The van der Waals surface area contributed by atoms with Crippen molar-refractivity contribution < 1.29 is 14.3 Å². The highest BCUT2D eigenvalue weighted by atomic mass is 35.5. The van der Waals surface area contributed by atoms with E-state index in [1.54, 1.807) is 18.2 Å². The van der Waals surface area contributed by atoms with E-state index < -0.39 is 0 Å². The number of nitrogens with one attached hydrogen (secondary N) is 1. The summed E-state index contributed by atoms with van der Waals surface area (Å²) in [5, 5.41) is 8.80. The number of hydrogen-bond donors (Lipinski definition) is 1. The second-order valence-electron chi connectivity index (χ2n) is 7.91. The summed E-state index contributed by atoms with van der Waals surface area (Å²) in [5.41, 5.74) is 5.05. The van der Waals surface area contributed by atoms with Gasteiger partial charge in [0.1, 0.15) is 5.75 Å². The van der Waals surface area contributed by atoms with Gasteiger partial charge in [-0.3, -0.25) is 4.79 Å². The molecule has 0 spiro atoms. The smallest absolute Gasteiger partial charge is 0.310 e. The minimum absolute atomic E-state index is 0.0705. The fourth-order valence-corrected chi connectivity index (χ4v) is 4.13. The summed E-state index contributed by atoms with van der Waals surface area (Å²) in [5.74, 6) is 0.284. The lowest BCUT2D eigenvalue weighted by atomic mass is 10.1. The standard InChI is InChI=1S/C27H25Cl2N3O3/c1-18-19(17-32(31-18)21-7-4-3-5-8-21)13-14-35-22-11-12-25(20(15-22)16-26(33)34-2)30-27-23(28)9-6-10-24(27)29/h3-12,15,17,30H,13-14,16H2,1-2H3. The Bertz CT molecular complexity index is 1300. The largest absolute Gasteiger partial charge is 0.493 e. The van der Waals surface area contributed by atoms with E-state index in [9.17, 15) is 4.79 Å². The highest BCUT2D eigenvalue weighted by Crippen LogP contribution is 2.34. The number of carbonyl (C=O) groups is 1. The molecule has 6 nitrogen and oxygen atoms in total. The van der Waals surface area contributed by atoms with Crippen LogP contribution in [0.2, 0.25) is 10.0 Å². The molecule has 4 rings (SSSR count). The predicted molar refractivity (Wildman–Crippen MR) is 139 cm³/mol. The first-order valence-electron chi connectivity index (χ1n) is 11.1. The van der Waals surface area contributed by atoms with Gasteiger partial charge >= 0.3 is 5.97 Å². The number of aromatic nitrogens is 2. The molecule has 0 aliphatic heterocycles. The van der Waals surface area contributed by atoms with Crippen molar-refractivity contribution in [3.8, 4) is 11.4 Å². The van der Waals surface area contributed by atoms with Crippen LogP contribution in [0.1, 0.15) is 16.8 Å². The summed E-state index contributed by atoms with van der Waals surface area (Å²) in [6, 6.07) is 20.7. The number of anilines is 2. The van der Waals surface area contributed by atoms with Gasteiger partial charge in [0.15, 0.2) is 0 Å². The number of hydrogen-bond acceptors (Lipinski definition) is 5. The van der Waals surface area contributed by atoms with E-state index in [-0.39, 0.29) is 12.4 Å². The zero-order valence-corrected chi connectivity index (χ0v) is 20.9. The molecule has 0 bridgehead atoms. The number of carbonyl (C=O) groups excluding carboxylic acids is 1. The summed E-state index contributed by atoms with van der Waals surface area (Å²) in [6.07, 6.45) is 2.79. The molecule has 180 valence electrons. The molecule has 0 saturated heterocycles. The number of methoxy groups -OCH3 is 1. The third-order valence-corrected chi connectivity index (χ3v) is 6.15. The maximum Gasteiger partial charge on any atom is 0.310 e. The average Bonchev–Trinajstić information content (AvgIpc) is 3.23. The maximum absolute atomic E-state index is 12.0.